The van der Waals surface area contributed by atoms with Gasteiger partial charge >= 0.3 is 0 Å². The highest BCUT2D eigenvalue weighted by atomic mass is 14.9. The predicted octanol–water partition coefficient (Wildman–Crippen LogP) is 4.37. The average Bonchev–Trinajstić information content (AvgIpc) is 3.08. The first kappa shape index (κ1) is 14.0. The van der Waals surface area contributed by atoms with Gasteiger partial charge in [0.05, 0.1) is 0 Å². The summed E-state index contributed by atoms with van der Waals surface area (Å²) in [5.74, 6) is 1.99. The first-order valence-electron chi connectivity index (χ1n) is 7.55. The maximum absolute atomic E-state index is 3.81. The zero-order chi connectivity index (χ0) is 11.8. The molecule has 1 aliphatic rings. The van der Waals surface area contributed by atoms with Gasteiger partial charge in [0, 0.05) is 6.04 Å². The van der Waals surface area contributed by atoms with E-state index in [9.17, 15) is 0 Å². The van der Waals surface area contributed by atoms with E-state index in [-0.39, 0.29) is 0 Å². The Labute approximate surface area is 102 Å². The predicted molar refractivity (Wildman–Crippen MR) is 72.7 cm³/mol. The molecule has 0 aromatic rings. The second kappa shape index (κ2) is 8.11. The third-order valence-electron chi connectivity index (χ3n) is 3.83. The van der Waals surface area contributed by atoms with Crippen LogP contribution in [0.2, 0.25) is 0 Å². The second-order valence-corrected chi connectivity index (χ2v) is 5.58. The molecule has 1 rings (SSSR count). The van der Waals surface area contributed by atoms with Crippen molar-refractivity contribution in [3.05, 3.63) is 0 Å². The van der Waals surface area contributed by atoms with Crippen molar-refractivity contribution < 1.29 is 0 Å². The zero-order valence-electron chi connectivity index (χ0n) is 11.6. The molecule has 1 atom stereocenters. The van der Waals surface area contributed by atoms with E-state index in [2.05, 4.69) is 26.1 Å². The lowest BCUT2D eigenvalue weighted by Gasteiger charge is -2.28. The number of hydrogen-bond acceptors (Lipinski definition) is 1. The van der Waals surface area contributed by atoms with Gasteiger partial charge in [-0.3, -0.25) is 0 Å². The molecule has 96 valence electrons. The molecule has 0 aromatic heterocycles. The summed E-state index contributed by atoms with van der Waals surface area (Å²) in [4.78, 5) is 0. The molecule has 0 bridgehead atoms. The Morgan fingerprint density at radius 1 is 1.00 bits per heavy atom. The van der Waals surface area contributed by atoms with E-state index < -0.39 is 0 Å². The summed E-state index contributed by atoms with van der Waals surface area (Å²) in [7, 11) is 0. The van der Waals surface area contributed by atoms with Crippen LogP contribution in [0.25, 0.3) is 0 Å². The Morgan fingerprint density at radius 3 is 2.06 bits per heavy atom. The molecule has 1 heteroatoms. The molecule has 1 unspecified atom stereocenters. The van der Waals surface area contributed by atoms with Crippen molar-refractivity contribution in [2.75, 3.05) is 6.54 Å². The molecule has 0 aliphatic heterocycles. The molecule has 0 saturated heterocycles. The highest BCUT2D eigenvalue weighted by Crippen LogP contribution is 2.36. The van der Waals surface area contributed by atoms with Crippen LogP contribution in [-0.4, -0.2) is 12.6 Å². The van der Waals surface area contributed by atoms with Crippen LogP contribution in [0.15, 0.2) is 0 Å². The summed E-state index contributed by atoms with van der Waals surface area (Å²) in [6.45, 7) is 8.14. The van der Waals surface area contributed by atoms with Crippen molar-refractivity contribution >= 4 is 0 Å². The van der Waals surface area contributed by atoms with E-state index in [1.54, 1.807) is 0 Å². The molecule has 1 N–H and O–H groups in total. The summed E-state index contributed by atoms with van der Waals surface area (Å²) in [6.07, 6.45) is 11.2. The molecule has 16 heavy (non-hydrogen) atoms. The topological polar surface area (TPSA) is 12.0 Å². The molecule has 1 fully saturated rings. The fourth-order valence-electron chi connectivity index (χ4n) is 2.77. The minimum atomic E-state index is 0.812. The van der Waals surface area contributed by atoms with Gasteiger partial charge in [-0.05, 0) is 44.1 Å². The van der Waals surface area contributed by atoms with Gasteiger partial charge in [0.25, 0.3) is 0 Å². The van der Waals surface area contributed by atoms with Crippen LogP contribution in [0.3, 0.4) is 0 Å². The molecular weight excluding hydrogens is 194 g/mol. The van der Waals surface area contributed by atoms with Gasteiger partial charge < -0.3 is 5.32 Å². The van der Waals surface area contributed by atoms with E-state index >= 15 is 0 Å². The zero-order valence-corrected chi connectivity index (χ0v) is 11.6. The van der Waals surface area contributed by atoms with Crippen molar-refractivity contribution in [1.29, 1.82) is 0 Å². The first-order chi connectivity index (χ1) is 7.81. The molecule has 1 saturated carbocycles. The normalized spacial score (nSPS) is 18.0. The summed E-state index contributed by atoms with van der Waals surface area (Å²) < 4.78 is 0. The SMILES string of the molecule is CCCNC(CC1CC1)C(CCC)CCC. The second-order valence-electron chi connectivity index (χ2n) is 5.58. The molecule has 1 aliphatic carbocycles. The highest BCUT2D eigenvalue weighted by molar-refractivity contribution is 4.84. The minimum absolute atomic E-state index is 0.812. The molecule has 1 nitrogen and oxygen atoms in total. The van der Waals surface area contributed by atoms with Crippen LogP contribution in [-0.2, 0) is 0 Å². The van der Waals surface area contributed by atoms with Crippen LogP contribution >= 0.6 is 0 Å². The third-order valence-corrected chi connectivity index (χ3v) is 3.83. The number of hydrogen-bond donors (Lipinski definition) is 1. The fourth-order valence-corrected chi connectivity index (χ4v) is 2.77. The van der Waals surface area contributed by atoms with Gasteiger partial charge in [0.2, 0.25) is 0 Å². The van der Waals surface area contributed by atoms with Gasteiger partial charge in [-0.15, -0.1) is 0 Å². The van der Waals surface area contributed by atoms with Crippen LogP contribution in [0.5, 0.6) is 0 Å². The number of rotatable bonds is 10. The van der Waals surface area contributed by atoms with Gasteiger partial charge in [-0.2, -0.15) is 0 Å². The largest absolute Gasteiger partial charge is 0.314 e. The van der Waals surface area contributed by atoms with Crippen molar-refractivity contribution in [3.8, 4) is 0 Å². The average molecular weight is 225 g/mol. The summed E-state index contributed by atoms with van der Waals surface area (Å²) in [6, 6.07) is 0.812. The molecule has 0 amide bonds. The van der Waals surface area contributed by atoms with Crippen LogP contribution < -0.4 is 5.32 Å². The summed E-state index contributed by atoms with van der Waals surface area (Å²) >= 11 is 0. The monoisotopic (exact) mass is 225 g/mol. The van der Waals surface area contributed by atoms with Crippen LogP contribution in [0.1, 0.15) is 72.1 Å². The van der Waals surface area contributed by atoms with E-state index in [1.165, 1.54) is 57.9 Å². The first-order valence-corrected chi connectivity index (χ1v) is 7.55. The lowest BCUT2D eigenvalue weighted by atomic mass is 9.87. The molecule has 0 aromatic carbocycles. The maximum atomic E-state index is 3.81. The molecule has 0 heterocycles. The third kappa shape index (κ3) is 5.34. The lowest BCUT2D eigenvalue weighted by Crippen LogP contribution is -2.37. The van der Waals surface area contributed by atoms with Crippen molar-refractivity contribution in [1.82, 2.24) is 5.32 Å². The van der Waals surface area contributed by atoms with E-state index in [1.807, 2.05) is 0 Å². The standard InChI is InChI=1S/C15H31N/c1-4-7-14(8-5-2)15(16-11-6-3)12-13-9-10-13/h13-16H,4-12H2,1-3H3. The van der Waals surface area contributed by atoms with Crippen molar-refractivity contribution in [3.63, 3.8) is 0 Å². The Morgan fingerprint density at radius 2 is 1.62 bits per heavy atom. The number of nitrogens with one attached hydrogen (secondary N) is 1. The van der Waals surface area contributed by atoms with Gasteiger partial charge in [0.15, 0.2) is 0 Å². The van der Waals surface area contributed by atoms with E-state index in [0.717, 1.165) is 17.9 Å². The van der Waals surface area contributed by atoms with Crippen LogP contribution in [0, 0.1) is 11.8 Å². The fraction of sp³-hybridized carbons (Fsp3) is 1.00. The van der Waals surface area contributed by atoms with Crippen molar-refractivity contribution in [2.45, 2.75) is 78.2 Å². The Bertz CT molecular complexity index is 157. The van der Waals surface area contributed by atoms with Gasteiger partial charge in [-0.25, -0.2) is 0 Å². The smallest absolute Gasteiger partial charge is 0.00979 e. The quantitative estimate of drug-likeness (QED) is 0.582. The van der Waals surface area contributed by atoms with Gasteiger partial charge in [-0.1, -0.05) is 46.5 Å². The molecule has 0 radical (unpaired) electrons. The van der Waals surface area contributed by atoms with Crippen molar-refractivity contribution in [2.24, 2.45) is 11.8 Å². The van der Waals surface area contributed by atoms with E-state index in [4.69, 9.17) is 0 Å². The highest BCUT2D eigenvalue weighted by Gasteiger charge is 2.28. The lowest BCUT2D eigenvalue weighted by molar-refractivity contribution is 0.287. The Kier molecular flexibility index (Phi) is 7.11. The molecular formula is C15H31N. The summed E-state index contributed by atoms with van der Waals surface area (Å²) in [5, 5.41) is 3.81. The van der Waals surface area contributed by atoms with Gasteiger partial charge in [0.1, 0.15) is 0 Å². The van der Waals surface area contributed by atoms with Crippen LogP contribution in [0.4, 0.5) is 0 Å². The Hall–Kier alpha value is -0.0400. The minimum Gasteiger partial charge on any atom is -0.314 e. The Balaban J connectivity index is 2.39. The van der Waals surface area contributed by atoms with E-state index in [0.29, 0.717) is 0 Å². The maximum Gasteiger partial charge on any atom is 0.00979 e. The molecule has 0 spiro atoms. The summed E-state index contributed by atoms with van der Waals surface area (Å²) in [5.41, 5.74) is 0.